The van der Waals surface area contributed by atoms with Crippen LogP contribution < -0.4 is 20.9 Å². The number of hydrogen-bond donors (Lipinski definition) is 2. The van der Waals surface area contributed by atoms with Gasteiger partial charge in [0.15, 0.2) is 0 Å². The average Bonchev–Trinajstić information content (AvgIpc) is 2.76. The van der Waals surface area contributed by atoms with Gasteiger partial charge in [-0.2, -0.15) is 5.10 Å². The van der Waals surface area contributed by atoms with Crippen LogP contribution in [-0.2, 0) is 11.3 Å². The molecule has 2 N–H and O–H groups in total. The van der Waals surface area contributed by atoms with E-state index in [4.69, 9.17) is 4.74 Å². The van der Waals surface area contributed by atoms with Crippen LogP contribution in [0.15, 0.2) is 71.5 Å². The zero-order chi connectivity index (χ0) is 22.9. The molecule has 0 saturated heterocycles. The summed E-state index contributed by atoms with van der Waals surface area (Å²) in [6, 6.07) is 18.7. The molecule has 1 heterocycles. The first-order valence-corrected chi connectivity index (χ1v) is 10.4. The summed E-state index contributed by atoms with van der Waals surface area (Å²) < 4.78 is 6.79. The summed E-state index contributed by atoms with van der Waals surface area (Å²) >= 11 is 0. The first kappa shape index (κ1) is 22.7. The van der Waals surface area contributed by atoms with Gasteiger partial charge in [0.25, 0.3) is 11.5 Å². The topological polar surface area (TPSA) is 102 Å². The van der Waals surface area contributed by atoms with E-state index in [1.165, 1.54) is 16.8 Å². The number of carbonyl (C=O) groups excluding carboxylic acids is 2. The minimum absolute atomic E-state index is 0.0560. The molecular weight excluding hydrogens is 408 g/mol. The lowest BCUT2D eigenvalue weighted by Gasteiger charge is -2.10. The van der Waals surface area contributed by atoms with Crippen molar-refractivity contribution in [1.82, 2.24) is 9.78 Å². The first-order valence-electron chi connectivity index (χ1n) is 10.4. The molecule has 0 unspecified atom stereocenters. The zero-order valence-corrected chi connectivity index (χ0v) is 18.1. The number of ether oxygens (including phenoxy) is 1. The van der Waals surface area contributed by atoms with E-state index in [0.29, 0.717) is 23.5 Å². The number of benzene rings is 2. The van der Waals surface area contributed by atoms with E-state index >= 15 is 0 Å². The third-order valence-corrected chi connectivity index (χ3v) is 4.43. The van der Waals surface area contributed by atoms with Crippen molar-refractivity contribution in [2.24, 2.45) is 5.92 Å². The fourth-order valence-electron chi connectivity index (χ4n) is 2.91. The second-order valence-corrected chi connectivity index (χ2v) is 7.62. The number of nitrogens with one attached hydrogen (secondary N) is 2. The lowest BCUT2D eigenvalue weighted by atomic mass is 10.1. The fourth-order valence-corrected chi connectivity index (χ4v) is 2.91. The monoisotopic (exact) mass is 434 g/mol. The maximum atomic E-state index is 12.6. The summed E-state index contributed by atoms with van der Waals surface area (Å²) in [4.78, 5) is 36.5. The van der Waals surface area contributed by atoms with E-state index in [-0.39, 0.29) is 36.2 Å². The number of hydrogen-bond acceptors (Lipinski definition) is 5. The molecule has 8 heteroatoms. The van der Waals surface area contributed by atoms with Gasteiger partial charge in [0, 0.05) is 23.9 Å². The molecule has 0 fully saturated rings. The van der Waals surface area contributed by atoms with E-state index in [9.17, 15) is 14.4 Å². The van der Waals surface area contributed by atoms with Crippen LogP contribution in [0, 0.1) is 5.92 Å². The molecule has 3 rings (SSSR count). The minimum Gasteiger partial charge on any atom is -0.492 e. The van der Waals surface area contributed by atoms with Gasteiger partial charge in [0.1, 0.15) is 18.1 Å². The Morgan fingerprint density at radius 2 is 1.59 bits per heavy atom. The molecule has 0 radical (unpaired) electrons. The summed E-state index contributed by atoms with van der Waals surface area (Å²) in [5.74, 6) is 0.464. The largest absolute Gasteiger partial charge is 0.492 e. The van der Waals surface area contributed by atoms with Crippen LogP contribution in [0.3, 0.4) is 0 Å². The number of anilines is 2. The van der Waals surface area contributed by atoms with Gasteiger partial charge in [-0.25, -0.2) is 4.68 Å². The summed E-state index contributed by atoms with van der Waals surface area (Å²) in [6.07, 6.45) is 0.441. The van der Waals surface area contributed by atoms with Crippen molar-refractivity contribution < 1.29 is 14.3 Å². The molecular formula is C24H26N4O4. The predicted molar refractivity (Wildman–Crippen MR) is 123 cm³/mol. The van der Waals surface area contributed by atoms with Crippen molar-refractivity contribution in [3.05, 3.63) is 82.8 Å². The Bertz CT molecular complexity index is 1110. The van der Waals surface area contributed by atoms with Crippen molar-refractivity contribution in [1.29, 1.82) is 0 Å². The highest BCUT2D eigenvalue weighted by Crippen LogP contribution is 2.15. The molecule has 166 valence electrons. The summed E-state index contributed by atoms with van der Waals surface area (Å²) in [6.45, 7) is 4.41. The van der Waals surface area contributed by atoms with Crippen molar-refractivity contribution in [3.63, 3.8) is 0 Å². The van der Waals surface area contributed by atoms with Crippen LogP contribution in [0.25, 0.3) is 0 Å². The maximum absolute atomic E-state index is 12.6. The number of carbonyl (C=O) groups is 2. The molecule has 0 atom stereocenters. The molecule has 0 aliphatic heterocycles. The van der Waals surface area contributed by atoms with Crippen LogP contribution in [-0.4, -0.2) is 28.2 Å². The van der Waals surface area contributed by atoms with E-state index in [1.54, 1.807) is 24.3 Å². The van der Waals surface area contributed by atoms with Crippen molar-refractivity contribution in [2.75, 3.05) is 17.2 Å². The van der Waals surface area contributed by atoms with Gasteiger partial charge in [-0.1, -0.05) is 32.0 Å². The van der Waals surface area contributed by atoms with Crippen LogP contribution in [0.5, 0.6) is 5.75 Å². The Balaban J connectivity index is 1.58. The standard InChI is InChI=1S/C24H26N4O4/c1-17(2)16-22(29)25-18-8-10-19(11-9-18)26-24(31)21-12-13-23(30)28(27-21)14-15-32-20-6-4-3-5-7-20/h3-13,17H,14-16H2,1-2H3,(H,25,29)(H,26,31). The Hall–Kier alpha value is -3.94. The summed E-state index contributed by atoms with van der Waals surface area (Å²) in [5, 5.41) is 9.69. The Morgan fingerprint density at radius 1 is 0.938 bits per heavy atom. The minimum atomic E-state index is -0.445. The van der Waals surface area contributed by atoms with Crippen LogP contribution in [0.2, 0.25) is 0 Å². The van der Waals surface area contributed by atoms with Gasteiger partial charge >= 0.3 is 0 Å². The van der Waals surface area contributed by atoms with Gasteiger partial charge in [-0.05, 0) is 48.4 Å². The van der Waals surface area contributed by atoms with Crippen molar-refractivity contribution in [3.8, 4) is 5.75 Å². The Labute approximate surface area is 186 Å². The molecule has 0 saturated carbocycles. The second-order valence-electron chi connectivity index (χ2n) is 7.62. The molecule has 0 aliphatic rings. The zero-order valence-electron chi connectivity index (χ0n) is 18.1. The molecule has 2 aromatic carbocycles. The van der Waals surface area contributed by atoms with Gasteiger partial charge in [-0.3, -0.25) is 14.4 Å². The quantitative estimate of drug-likeness (QED) is 0.536. The lowest BCUT2D eigenvalue weighted by molar-refractivity contribution is -0.116. The number of para-hydroxylation sites is 1. The van der Waals surface area contributed by atoms with Crippen LogP contribution in [0.1, 0.15) is 30.8 Å². The molecule has 2 amide bonds. The normalized spacial score (nSPS) is 10.6. The van der Waals surface area contributed by atoms with E-state index in [1.807, 2.05) is 44.2 Å². The molecule has 32 heavy (non-hydrogen) atoms. The van der Waals surface area contributed by atoms with Gasteiger partial charge < -0.3 is 15.4 Å². The number of amides is 2. The van der Waals surface area contributed by atoms with Crippen molar-refractivity contribution in [2.45, 2.75) is 26.8 Å². The Morgan fingerprint density at radius 3 is 2.25 bits per heavy atom. The molecule has 1 aromatic heterocycles. The molecule has 0 bridgehead atoms. The van der Waals surface area contributed by atoms with E-state index < -0.39 is 5.91 Å². The van der Waals surface area contributed by atoms with Gasteiger partial charge in [0.05, 0.1) is 6.54 Å². The first-order chi connectivity index (χ1) is 15.4. The fraction of sp³-hybridized carbons (Fsp3) is 0.250. The van der Waals surface area contributed by atoms with E-state index in [0.717, 1.165) is 0 Å². The second kappa shape index (κ2) is 10.9. The van der Waals surface area contributed by atoms with Crippen molar-refractivity contribution >= 4 is 23.2 Å². The summed E-state index contributed by atoms with van der Waals surface area (Å²) in [5.41, 5.74) is 0.987. The molecule has 0 spiro atoms. The third-order valence-electron chi connectivity index (χ3n) is 4.43. The summed E-state index contributed by atoms with van der Waals surface area (Å²) in [7, 11) is 0. The SMILES string of the molecule is CC(C)CC(=O)Nc1ccc(NC(=O)c2ccc(=O)n(CCOc3ccccc3)n2)cc1. The van der Waals surface area contributed by atoms with Crippen LogP contribution >= 0.6 is 0 Å². The predicted octanol–water partition coefficient (Wildman–Crippen LogP) is 3.56. The average molecular weight is 434 g/mol. The number of rotatable bonds is 9. The number of nitrogens with zero attached hydrogens (tertiary/aromatic N) is 2. The van der Waals surface area contributed by atoms with Gasteiger partial charge in [-0.15, -0.1) is 0 Å². The van der Waals surface area contributed by atoms with Crippen LogP contribution in [0.4, 0.5) is 11.4 Å². The lowest BCUT2D eigenvalue weighted by Crippen LogP contribution is -2.28. The van der Waals surface area contributed by atoms with Gasteiger partial charge in [0.2, 0.25) is 5.91 Å². The molecule has 0 aliphatic carbocycles. The molecule has 8 nitrogen and oxygen atoms in total. The molecule has 3 aromatic rings. The maximum Gasteiger partial charge on any atom is 0.276 e. The Kier molecular flexibility index (Phi) is 7.75. The highest BCUT2D eigenvalue weighted by molar-refractivity contribution is 6.02. The number of aromatic nitrogens is 2. The third kappa shape index (κ3) is 6.80. The highest BCUT2D eigenvalue weighted by atomic mass is 16.5. The van der Waals surface area contributed by atoms with E-state index in [2.05, 4.69) is 15.7 Å². The smallest absolute Gasteiger partial charge is 0.276 e. The highest BCUT2D eigenvalue weighted by Gasteiger charge is 2.11.